The molecule has 1 aromatic rings. The third kappa shape index (κ3) is 1.60. The first-order valence-corrected chi connectivity index (χ1v) is 3.89. The van der Waals surface area contributed by atoms with Gasteiger partial charge in [0.05, 0.1) is 5.69 Å². The van der Waals surface area contributed by atoms with Crippen molar-refractivity contribution in [2.45, 2.75) is 12.5 Å². The molecule has 0 fully saturated rings. The minimum atomic E-state index is -1.51. The Morgan fingerprint density at radius 1 is 1.57 bits per heavy atom. The van der Waals surface area contributed by atoms with E-state index in [1.54, 1.807) is 0 Å². The van der Waals surface area contributed by atoms with Gasteiger partial charge in [-0.25, -0.2) is 9.78 Å². The first-order valence-electron chi connectivity index (χ1n) is 3.89. The number of aromatic nitrogens is 1. The van der Waals surface area contributed by atoms with Gasteiger partial charge in [-0.05, 0) is 13.0 Å². The van der Waals surface area contributed by atoms with Crippen LogP contribution in [0.15, 0.2) is 12.3 Å². The summed E-state index contributed by atoms with van der Waals surface area (Å²) < 4.78 is 0. The molecule has 0 aliphatic carbocycles. The van der Waals surface area contributed by atoms with Crippen LogP contribution in [0.25, 0.3) is 0 Å². The maximum atomic E-state index is 10.8. The molecule has 6 nitrogen and oxygen atoms in total. The summed E-state index contributed by atoms with van der Waals surface area (Å²) in [5, 5.41) is 8.83. The van der Waals surface area contributed by atoms with Crippen LogP contribution in [-0.2, 0) is 10.3 Å². The predicted molar refractivity (Wildman–Crippen MR) is 52.2 cm³/mol. The molecule has 0 aromatic carbocycles. The van der Waals surface area contributed by atoms with Gasteiger partial charge in [0.15, 0.2) is 0 Å². The SMILES string of the molecule is CC(N)(C(=O)O)c1cnc(N)c(N)c1. The third-order valence-electron chi connectivity index (χ3n) is 1.99. The Morgan fingerprint density at radius 2 is 2.14 bits per heavy atom. The Morgan fingerprint density at radius 3 is 2.57 bits per heavy atom. The average molecular weight is 196 g/mol. The van der Waals surface area contributed by atoms with Gasteiger partial charge < -0.3 is 22.3 Å². The molecule has 0 aliphatic rings. The van der Waals surface area contributed by atoms with Gasteiger partial charge in [0.2, 0.25) is 0 Å². The number of hydrogen-bond acceptors (Lipinski definition) is 5. The van der Waals surface area contributed by atoms with Crippen LogP contribution in [0.3, 0.4) is 0 Å². The number of carboxylic acids is 1. The van der Waals surface area contributed by atoms with E-state index < -0.39 is 11.5 Å². The maximum absolute atomic E-state index is 10.8. The van der Waals surface area contributed by atoms with Crippen molar-refractivity contribution in [3.05, 3.63) is 17.8 Å². The fourth-order valence-corrected chi connectivity index (χ4v) is 0.900. The van der Waals surface area contributed by atoms with Crippen molar-refractivity contribution in [1.82, 2.24) is 4.98 Å². The van der Waals surface area contributed by atoms with Crippen molar-refractivity contribution in [1.29, 1.82) is 0 Å². The van der Waals surface area contributed by atoms with E-state index >= 15 is 0 Å². The number of nitrogens with two attached hydrogens (primary N) is 3. The lowest BCUT2D eigenvalue weighted by atomic mass is 9.95. The van der Waals surface area contributed by atoms with Gasteiger partial charge >= 0.3 is 5.97 Å². The van der Waals surface area contributed by atoms with Crippen molar-refractivity contribution in [2.75, 3.05) is 11.5 Å². The van der Waals surface area contributed by atoms with E-state index in [1.807, 2.05) is 0 Å². The smallest absolute Gasteiger partial charge is 0.328 e. The Balaban J connectivity index is 3.21. The molecule has 76 valence electrons. The Kier molecular flexibility index (Phi) is 2.31. The van der Waals surface area contributed by atoms with Gasteiger partial charge in [0.25, 0.3) is 0 Å². The van der Waals surface area contributed by atoms with E-state index in [0.717, 1.165) is 0 Å². The second-order valence-electron chi connectivity index (χ2n) is 3.21. The molecule has 7 N–H and O–H groups in total. The molecule has 0 saturated heterocycles. The molecule has 6 heteroatoms. The molecule has 0 amide bonds. The second-order valence-corrected chi connectivity index (χ2v) is 3.21. The molecular formula is C8H12N4O2. The predicted octanol–water partition coefficient (Wildman–Crippen LogP) is -0.495. The van der Waals surface area contributed by atoms with Gasteiger partial charge in [0.1, 0.15) is 11.4 Å². The average Bonchev–Trinajstić information content (AvgIpc) is 2.09. The zero-order valence-electron chi connectivity index (χ0n) is 7.69. The topological polar surface area (TPSA) is 128 Å². The third-order valence-corrected chi connectivity index (χ3v) is 1.99. The molecule has 1 rings (SSSR count). The molecule has 0 saturated carbocycles. The number of hydrogen-bond donors (Lipinski definition) is 4. The van der Waals surface area contributed by atoms with Crippen molar-refractivity contribution >= 4 is 17.5 Å². The molecule has 1 aromatic heterocycles. The van der Waals surface area contributed by atoms with E-state index in [0.29, 0.717) is 5.56 Å². The molecule has 14 heavy (non-hydrogen) atoms. The molecule has 1 unspecified atom stereocenters. The minimum absolute atomic E-state index is 0.162. The highest BCUT2D eigenvalue weighted by molar-refractivity contribution is 5.80. The molecule has 0 radical (unpaired) electrons. The largest absolute Gasteiger partial charge is 0.480 e. The summed E-state index contributed by atoms with van der Waals surface area (Å²) >= 11 is 0. The van der Waals surface area contributed by atoms with Crippen LogP contribution < -0.4 is 17.2 Å². The summed E-state index contributed by atoms with van der Waals surface area (Å²) in [5.41, 5.74) is 15.5. The normalized spacial score (nSPS) is 14.7. The number of carboxylic acid groups (broad SMARTS) is 1. The highest BCUT2D eigenvalue weighted by atomic mass is 16.4. The van der Waals surface area contributed by atoms with Gasteiger partial charge in [-0.1, -0.05) is 0 Å². The van der Waals surface area contributed by atoms with Crippen molar-refractivity contribution in [2.24, 2.45) is 5.73 Å². The number of nitrogen functional groups attached to an aromatic ring is 2. The summed E-state index contributed by atoms with van der Waals surface area (Å²) in [6.45, 7) is 1.36. The Bertz CT molecular complexity index is 376. The summed E-state index contributed by atoms with van der Waals surface area (Å²) in [7, 11) is 0. The highest BCUT2D eigenvalue weighted by Gasteiger charge is 2.30. The highest BCUT2D eigenvalue weighted by Crippen LogP contribution is 2.21. The van der Waals surface area contributed by atoms with E-state index in [4.69, 9.17) is 22.3 Å². The lowest BCUT2D eigenvalue weighted by molar-refractivity contribution is -0.143. The lowest BCUT2D eigenvalue weighted by Crippen LogP contribution is -2.41. The summed E-state index contributed by atoms with van der Waals surface area (Å²) in [6.07, 6.45) is 1.31. The van der Waals surface area contributed by atoms with Crippen LogP contribution in [0.5, 0.6) is 0 Å². The van der Waals surface area contributed by atoms with Crippen LogP contribution >= 0.6 is 0 Å². The Hall–Kier alpha value is -1.82. The summed E-state index contributed by atoms with van der Waals surface area (Å²) in [5.74, 6) is -0.988. The zero-order valence-corrected chi connectivity index (χ0v) is 7.69. The molecular weight excluding hydrogens is 184 g/mol. The number of aliphatic carboxylic acids is 1. The van der Waals surface area contributed by atoms with Crippen LogP contribution in [0, 0.1) is 0 Å². The lowest BCUT2D eigenvalue weighted by Gasteiger charge is -2.19. The maximum Gasteiger partial charge on any atom is 0.328 e. The van der Waals surface area contributed by atoms with Crippen molar-refractivity contribution in [3.8, 4) is 0 Å². The number of pyridine rings is 1. The zero-order chi connectivity index (χ0) is 10.9. The number of anilines is 2. The number of rotatable bonds is 2. The van der Waals surface area contributed by atoms with Crippen molar-refractivity contribution < 1.29 is 9.90 Å². The minimum Gasteiger partial charge on any atom is -0.480 e. The first kappa shape index (κ1) is 10.3. The van der Waals surface area contributed by atoms with E-state index in [2.05, 4.69) is 4.98 Å². The van der Waals surface area contributed by atoms with Gasteiger partial charge in [-0.2, -0.15) is 0 Å². The van der Waals surface area contributed by atoms with E-state index in [-0.39, 0.29) is 11.5 Å². The molecule has 0 spiro atoms. The molecule has 0 bridgehead atoms. The fourth-order valence-electron chi connectivity index (χ4n) is 0.900. The Labute approximate surface area is 80.7 Å². The number of carbonyl (C=O) groups is 1. The van der Waals surface area contributed by atoms with E-state index in [9.17, 15) is 4.79 Å². The van der Waals surface area contributed by atoms with Gasteiger partial charge in [0, 0.05) is 11.8 Å². The first-order chi connectivity index (χ1) is 6.35. The van der Waals surface area contributed by atoms with Crippen LogP contribution in [-0.4, -0.2) is 16.1 Å². The fraction of sp³-hybridized carbons (Fsp3) is 0.250. The van der Waals surface area contributed by atoms with Gasteiger partial charge in [-0.15, -0.1) is 0 Å². The standard InChI is InChI=1S/C8H12N4O2/c1-8(11,7(13)14)4-2-5(9)6(10)12-3-4/h2-3H,9,11H2,1H3,(H2,10,12)(H,13,14). The quantitative estimate of drug-likeness (QED) is 0.505. The number of nitrogens with zero attached hydrogens (tertiary/aromatic N) is 1. The van der Waals surface area contributed by atoms with Gasteiger partial charge in [-0.3, -0.25) is 0 Å². The van der Waals surface area contributed by atoms with Crippen LogP contribution in [0.4, 0.5) is 11.5 Å². The van der Waals surface area contributed by atoms with E-state index in [1.165, 1.54) is 19.2 Å². The molecule has 1 heterocycles. The van der Waals surface area contributed by atoms with Crippen molar-refractivity contribution in [3.63, 3.8) is 0 Å². The summed E-state index contributed by atoms with van der Waals surface area (Å²) in [4.78, 5) is 14.5. The van der Waals surface area contributed by atoms with Crippen LogP contribution in [0.1, 0.15) is 12.5 Å². The molecule has 0 aliphatic heterocycles. The van der Waals surface area contributed by atoms with Crippen LogP contribution in [0.2, 0.25) is 0 Å². The summed E-state index contributed by atoms with van der Waals surface area (Å²) in [6, 6.07) is 1.41. The monoisotopic (exact) mass is 196 g/mol. The second kappa shape index (κ2) is 3.15. The molecule has 1 atom stereocenters.